The number of hydrogen-bond acceptors (Lipinski definition) is 6. The lowest BCUT2D eigenvalue weighted by Crippen LogP contribution is -2.52. The van der Waals surface area contributed by atoms with E-state index in [2.05, 4.69) is 10.6 Å². The molecular formula is C17H22N4O4. The summed E-state index contributed by atoms with van der Waals surface area (Å²) >= 11 is 0. The summed E-state index contributed by atoms with van der Waals surface area (Å²) in [5.41, 5.74) is 8.12. The lowest BCUT2D eigenvalue weighted by atomic mass is 10.0. The minimum Gasteiger partial charge on any atom is -0.395 e. The summed E-state index contributed by atoms with van der Waals surface area (Å²) in [5.74, 6) is -0.872. The van der Waals surface area contributed by atoms with Crippen LogP contribution in [-0.4, -0.2) is 53.0 Å². The average molecular weight is 346 g/mol. The summed E-state index contributed by atoms with van der Waals surface area (Å²) in [6, 6.07) is 4.67. The number of rotatable bonds is 6. The van der Waals surface area contributed by atoms with Gasteiger partial charge in [-0.15, -0.1) is 0 Å². The number of nitrogens with one attached hydrogen (secondary N) is 2. The van der Waals surface area contributed by atoms with Gasteiger partial charge in [-0.05, 0) is 23.6 Å². The van der Waals surface area contributed by atoms with Gasteiger partial charge in [-0.1, -0.05) is 12.1 Å². The van der Waals surface area contributed by atoms with Crippen molar-refractivity contribution < 1.29 is 19.5 Å². The van der Waals surface area contributed by atoms with Crippen LogP contribution in [0, 0.1) is 0 Å². The van der Waals surface area contributed by atoms with E-state index in [1.54, 1.807) is 6.07 Å². The predicted molar refractivity (Wildman–Crippen MR) is 89.3 cm³/mol. The Hall–Kier alpha value is -2.29. The number of aliphatic hydroxyl groups excluding tert-OH is 1. The van der Waals surface area contributed by atoms with Gasteiger partial charge >= 0.3 is 0 Å². The molecule has 0 saturated carbocycles. The van der Waals surface area contributed by atoms with Crippen LogP contribution in [0.25, 0.3) is 0 Å². The summed E-state index contributed by atoms with van der Waals surface area (Å²) in [6.07, 6.45) is 0.606. The molecule has 2 heterocycles. The SMILES string of the molecule is NC(CO)CNCc1ccc2c(c1)CN(C1CCC(=O)NC1=O)C2=O. The van der Waals surface area contributed by atoms with Crippen molar-refractivity contribution in [1.29, 1.82) is 0 Å². The first-order chi connectivity index (χ1) is 12.0. The van der Waals surface area contributed by atoms with Gasteiger partial charge in [-0.2, -0.15) is 0 Å². The molecule has 2 atom stereocenters. The van der Waals surface area contributed by atoms with E-state index < -0.39 is 11.9 Å². The fourth-order valence-corrected chi connectivity index (χ4v) is 3.20. The minimum atomic E-state index is -0.596. The second-order valence-electron chi connectivity index (χ2n) is 6.47. The number of nitrogens with two attached hydrogens (primary N) is 1. The monoisotopic (exact) mass is 346 g/mol. The van der Waals surface area contributed by atoms with Crippen molar-refractivity contribution in [3.8, 4) is 0 Å². The first kappa shape index (κ1) is 17.5. The van der Waals surface area contributed by atoms with Gasteiger partial charge < -0.3 is 21.1 Å². The summed E-state index contributed by atoms with van der Waals surface area (Å²) in [7, 11) is 0. The zero-order chi connectivity index (χ0) is 18.0. The smallest absolute Gasteiger partial charge is 0.255 e. The van der Waals surface area contributed by atoms with Gasteiger partial charge in [-0.25, -0.2) is 0 Å². The molecule has 0 radical (unpaired) electrons. The maximum absolute atomic E-state index is 12.6. The van der Waals surface area contributed by atoms with E-state index >= 15 is 0 Å². The van der Waals surface area contributed by atoms with Gasteiger partial charge in [0.1, 0.15) is 6.04 Å². The quantitative estimate of drug-likeness (QED) is 0.483. The number of aliphatic hydroxyl groups is 1. The molecule has 8 nitrogen and oxygen atoms in total. The van der Waals surface area contributed by atoms with Gasteiger partial charge in [0.05, 0.1) is 6.61 Å². The Balaban J connectivity index is 1.67. The van der Waals surface area contributed by atoms with E-state index in [1.165, 1.54) is 4.90 Å². The standard InChI is InChI=1S/C17H22N4O4/c18-12(9-22)7-19-6-10-1-2-13-11(5-10)8-21(17(13)25)14-3-4-15(23)20-16(14)24/h1-2,5,12,14,19,22H,3-4,6-9,18H2,(H,20,23,24). The van der Waals surface area contributed by atoms with E-state index in [0.29, 0.717) is 31.6 Å². The van der Waals surface area contributed by atoms with Crippen LogP contribution in [0.5, 0.6) is 0 Å². The van der Waals surface area contributed by atoms with Crippen LogP contribution >= 0.6 is 0 Å². The highest BCUT2D eigenvalue weighted by Gasteiger charge is 2.38. The van der Waals surface area contributed by atoms with Crippen molar-refractivity contribution in [2.75, 3.05) is 13.2 Å². The Labute approximate surface area is 145 Å². The molecule has 0 aliphatic carbocycles. The molecule has 1 fully saturated rings. The number of fused-ring (bicyclic) bond motifs is 1. The van der Waals surface area contributed by atoms with Crippen molar-refractivity contribution in [3.05, 3.63) is 34.9 Å². The van der Waals surface area contributed by atoms with Crippen LogP contribution in [0.4, 0.5) is 0 Å². The van der Waals surface area contributed by atoms with Crippen molar-refractivity contribution in [1.82, 2.24) is 15.5 Å². The highest BCUT2D eigenvalue weighted by molar-refractivity contribution is 6.05. The number of imide groups is 1. The Morgan fingerprint density at radius 1 is 1.36 bits per heavy atom. The van der Waals surface area contributed by atoms with Gasteiger partial charge in [0, 0.05) is 37.7 Å². The van der Waals surface area contributed by atoms with Gasteiger partial charge in [0.2, 0.25) is 11.8 Å². The molecule has 1 saturated heterocycles. The normalized spacial score (nSPS) is 21.3. The summed E-state index contributed by atoms with van der Waals surface area (Å²) < 4.78 is 0. The topological polar surface area (TPSA) is 125 Å². The zero-order valence-electron chi connectivity index (χ0n) is 13.8. The maximum atomic E-state index is 12.6. The maximum Gasteiger partial charge on any atom is 0.255 e. The molecular weight excluding hydrogens is 324 g/mol. The molecule has 134 valence electrons. The Bertz CT molecular complexity index is 706. The minimum absolute atomic E-state index is 0.0768. The molecule has 2 aliphatic rings. The molecule has 0 bridgehead atoms. The second kappa shape index (κ2) is 7.30. The largest absolute Gasteiger partial charge is 0.395 e. The molecule has 3 rings (SSSR count). The number of hydrogen-bond donors (Lipinski definition) is 4. The van der Waals surface area contributed by atoms with Crippen LogP contribution in [0.2, 0.25) is 0 Å². The number of carbonyl (C=O) groups is 3. The second-order valence-corrected chi connectivity index (χ2v) is 6.47. The molecule has 2 aliphatic heterocycles. The predicted octanol–water partition coefficient (Wildman–Crippen LogP) is -1.14. The third kappa shape index (κ3) is 3.71. The van der Waals surface area contributed by atoms with Crippen molar-refractivity contribution in [3.63, 3.8) is 0 Å². The number of nitrogens with zero attached hydrogens (tertiary/aromatic N) is 1. The first-order valence-corrected chi connectivity index (χ1v) is 8.33. The average Bonchev–Trinajstić information content (AvgIpc) is 2.91. The van der Waals surface area contributed by atoms with E-state index in [4.69, 9.17) is 10.8 Å². The molecule has 0 aromatic heterocycles. The molecule has 0 spiro atoms. The first-order valence-electron chi connectivity index (χ1n) is 8.33. The van der Waals surface area contributed by atoms with Crippen LogP contribution in [0.15, 0.2) is 18.2 Å². The third-order valence-corrected chi connectivity index (χ3v) is 4.56. The number of benzene rings is 1. The van der Waals surface area contributed by atoms with E-state index in [1.807, 2.05) is 12.1 Å². The molecule has 5 N–H and O–H groups in total. The van der Waals surface area contributed by atoms with Crippen LogP contribution in [0.3, 0.4) is 0 Å². The summed E-state index contributed by atoms with van der Waals surface area (Å²) in [4.78, 5) is 37.4. The molecule has 1 aromatic rings. The Morgan fingerprint density at radius 3 is 2.88 bits per heavy atom. The highest BCUT2D eigenvalue weighted by atomic mass is 16.3. The number of carbonyl (C=O) groups excluding carboxylic acids is 3. The fourth-order valence-electron chi connectivity index (χ4n) is 3.20. The van der Waals surface area contributed by atoms with E-state index in [0.717, 1.165) is 11.1 Å². The number of amides is 3. The fraction of sp³-hybridized carbons (Fsp3) is 0.471. The number of piperidine rings is 1. The Kier molecular flexibility index (Phi) is 5.12. The molecule has 3 amide bonds. The highest BCUT2D eigenvalue weighted by Crippen LogP contribution is 2.28. The molecule has 25 heavy (non-hydrogen) atoms. The van der Waals surface area contributed by atoms with Crippen molar-refractivity contribution in [2.24, 2.45) is 5.73 Å². The van der Waals surface area contributed by atoms with Gasteiger partial charge in [0.15, 0.2) is 0 Å². The van der Waals surface area contributed by atoms with E-state index in [-0.39, 0.29) is 30.9 Å². The molecule has 2 unspecified atom stereocenters. The zero-order valence-corrected chi connectivity index (χ0v) is 13.8. The van der Waals surface area contributed by atoms with Crippen LogP contribution in [0.1, 0.15) is 34.3 Å². The molecule has 1 aromatic carbocycles. The van der Waals surface area contributed by atoms with Crippen molar-refractivity contribution >= 4 is 17.7 Å². The van der Waals surface area contributed by atoms with Gasteiger partial charge in [-0.3, -0.25) is 19.7 Å². The molecule has 8 heteroatoms. The van der Waals surface area contributed by atoms with E-state index in [9.17, 15) is 14.4 Å². The van der Waals surface area contributed by atoms with Crippen LogP contribution < -0.4 is 16.4 Å². The lowest BCUT2D eigenvalue weighted by molar-refractivity contribution is -0.136. The lowest BCUT2D eigenvalue weighted by Gasteiger charge is -2.29. The van der Waals surface area contributed by atoms with Crippen molar-refractivity contribution in [2.45, 2.75) is 38.0 Å². The Morgan fingerprint density at radius 2 is 2.16 bits per heavy atom. The summed E-state index contributed by atoms with van der Waals surface area (Å²) in [5, 5.41) is 14.4. The van der Waals surface area contributed by atoms with Crippen LogP contribution in [-0.2, 0) is 22.7 Å². The third-order valence-electron chi connectivity index (χ3n) is 4.56. The summed E-state index contributed by atoms with van der Waals surface area (Å²) in [6.45, 7) is 1.36. The van der Waals surface area contributed by atoms with Gasteiger partial charge in [0.25, 0.3) is 5.91 Å².